The molecule has 1 amide bonds. The van der Waals surface area contributed by atoms with E-state index in [1.54, 1.807) is 0 Å². The van der Waals surface area contributed by atoms with Gasteiger partial charge in [0, 0.05) is 41.3 Å². The fourth-order valence-electron chi connectivity index (χ4n) is 5.15. The van der Waals surface area contributed by atoms with Crippen LogP contribution in [0.3, 0.4) is 0 Å². The topological polar surface area (TPSA) is 128 Å². The van der Waals surface area contributed by atoms with Crippen molar-refractivity contribution in [1.82, 2.24) is 25.1 Å². The number of H-pyrrole nitrogens is 1. The van der Waals surface area contributed by atoms with Crippen LogP contribution in [0.2, 0.25) is 0 Å². The van der Waals surface area contributed by atoms with E-state index in [0.717, 1.165) is 48.1 Å². The van der Waals surface area contributed by atoms with Crippen molar-refractivity contribution in [1.29, 1.82) is 0 Å². The van der Waals surface area contributed by atoms with Gasteiger partial charge in [0.2, 0.25) is 0 Å². The van der Waals surface area contributed by atoms with Crippen molar-refractivity contribution < 1.29 is 14.6 Å². The minimum absolute atomic E-state index is 0.130. The summed E-state index contributed by atoms with van der Waals surface area (Å²) in [6, 6.07) is 7.99. The number of amides is 1. The molecule has 4 N–H and O–H groups in total. The number of nitrogens with zero attached hydrogens (tertiary/aromatic N) is 4. The van der Waals surface area contributed by atoms with Gasteiger partial charge in [-0.1, -0.05) is 0 Å². The van der Waals surface area contributed by atoms with Crippen molar-refractivity contribution in [2.75, 3.05) is 10.6 Å². The lowest BCUT2D eigenvalue weighted by atomic mass is 9.97. The Morgan fingerprint density at radius 3 is 2.54 bits per heavy atom. The van der Waals surface area contributed by atoms with Gasteiger partial charge in [0.25, 0.3) is 0 Å². The highest BCUT2D eigenvalue weighted by atomic mass is 16.6. The van der Waals surface area contributed by atoms with Crippen LogP contribution in [0.4, 0.5) is 22.2 Å². The van der Waals surface area contributed by atoms with Crippen molar-refractivity contribution in [3.05, 3.63) is 35.7 Å². The molecule has 10 nitrogen and oxygen atoms in total. The molecular weight excluding hydrogens is 446 g/mol. The summed E-state index contributed by atoms with van der Waals surface area (Å²) >= 11 is 0. The van der Waals surface area contributed by atoms with Gasteiger partial charge < -0.3 is 25.4 Å². The number of hydrogen-bond donors (Lipinski definition) is 4. The van der Waals surface area contributed by atoms with E-state index in [9.17, 15) is 9.90 Å². The monoisotopic (exact) mass is 479 g/mol. The number of pyridine rings is 2. The zero-order chi connectivity index (χ0) is 24.7. The molecule has 3 aromatic heterocycles. The molecule has 35 heavy (non-hydrogen) atoms. The lowest BCUT2D eigenvalue weighted by Crippen LogP contribution is -2.51. The van der Waals surface area contributed by atoms with E-state index in [0.29, 0.717) is 17.3 Å². The average molecular weight is 480 g/mol. The molecule has 2 aliphatic heterocycles. The number of aryl methyl sites for hydroxylation is 1. The molecule has 5 rings (SSSR count). The molecule has 10 heteroatoms. The van der Waals surface area contributed by atoms with Crippen LogP contribution in [0.25, 0.3) is 10.9 Å². The highest BCUT2D eigenvalue weighted by molar-refractivity contribution is 5.91. The third kappa shape index (κ3) is 5.02. The molecule has 2 saturated heterocycles. The van der Waals surface area contributed by atoms with Crippen LogP contribution >= 0.6 is 0 Å². The van der Waals surface area contributed by atoms with Crippen molar-refractivity contribution in [3.8, 4) is 0 Å². The van der Waals surface area contributed by atoms with E-state index in [-0.39, 0.29) is 30.8 Å². The smallest absolute Gasteiger partial charge is 0.410 e. The Kier molecular flexibility index (Phi) is 6.00. The molecule has 2 aliphatic rings. The van der Waals surface area contributed by atoms with E-state index in [2.05, 4.69) is 25.8 Å². The van der Waals surface area contributed by atoms with Crippen LogP contribution < -0.4 is 10.6 Å². The van der Waals surface area contributed by atoms with Crippen molar-refractivity contribution in [2.24, 2.45) is 0 Å². The molecule has 0 saturated carbocycles. The van der Waals surface area contributed by atoms with Crippen molar-refractivity contribution >= 4 is 34.4 Å². The molecule has 0 spiro atoms. The van der Waals surface area contributed by atoms with Gasteiger partial charge in [-0.25, -0.2) is 9.78 Å². The summed E-state index contributed by atoms with van der Waals surface area (Å²) in [5, 5.41) is 24.5. The van der Waals surface area contributed by atoms with Crippen LogP contribution in [-0.4, -0.2) is 60.0 Å². The molecular formula is C25H33N7O3. The number of aromatic nitrogens is 4. The van der Waals surface area contributed by atoms with Gasteiger partial charge in [0.15, 0.2) is 5.82 Å². The Labute approximate surface area is 204 Å². The Morgan fingerprint density at radius 1 is 1.17 bits per heavy atom. The Bertz CT molecular complexity index is 1220. The molecule has 2 bridgehead atoms. The molecule has 2 unspecified atom stereocenters. The summed E-state index contributed by atoms with van der Waals surface area (Å²) in [5.74, 6) is 2.01. The van der Waals surface area contributed by atoms with Crippen molar-refractivity contribution in [2.45, 2.75) is 83.7 Å². The van der Waals surface area contributed by atoms with Gasteiger partial charge in [-0.15, -0.1) is 0 Å². The third-order valence-electron chi connectivity index (χ3n) is 6.55. The number of fused-ring (bicyclic) bond motifs is 3. The number of aliphatic hydroxyl groups is 1. The van der Waals surface area contributed by atoms with Gasteiger partial charge in [-0.3, -0.25) is 10.1 Å². The Balaban J connectivity index is 1.39. The predicted molar refractivity (Wildman–Crippen MR) is 134 cm³/mol. The zero-order valence-electron chi connectivity index (χ0n) is 20.6. The molecule has 0 aliphatic carbocycles. The zero-order valence-corrected chi connectivity index (χ0v) is 20.6. The van der Waals surface area contributed by atoms with Gasteiger partial charge in [-0.05, 0) is 65.5 Å². The van der Waals surface area contributed by atoms with Gasteiger partial charge in [0.05, 0.1) is 17.8 Å². The minimum atomic E-state index is -0.505. The highest BCUT2D eigenvalue weighted by Crippen LogP contribution is 2.38. The quantitative estimate of drug-likeness (QED) is 0.428. The first-order valence-corrected chi connectivity index (χ1v) is 12.2. The second kappa shape index (κ2) is 8.99. The Morgan fingerprint density at radius 2 is 1.91 bits per heavy atom. The summed E-state index contributed by atoms with van der Waals surface area (Å²) in [5.41, 5.74) is 1.77. The first kappa shape index (κ1) is 23.3. The summed E-state index contributed by atoms with van der Waals surface area (Å²) in [4.78, 5) is 24.2. The Hall–Kier alpha value is -3.40. The van der Waals surface area contributed by atoms with E-state index in [4.69, 9.17) is 9.72 Å². The highest BCUT2D eigenvalue weighted by Gasteiger charge is 2.45. The fraction of sp³-hybridized carbons (Fsp3) is 0.520. The third-order valence-corrected chi connectivity index (χ3v) is 6.55. The summed E-state index contributed by atoms with van der Waals surface area (Å²) in [6.07, 6.45) is 3.41. The number of nitrogens with one attached hydrogen (secondary N) is 3. The molecule has 3 aromatic rings. The molecule has 0 aromatic carbocycles. The van der Waals surface area contributed by atoms with E-state index >= 15 is 0 Å². The van der Waals surface area contributed by atoms with E-state index in [1.165, 1.54) is 0 Å². The summed E-state index contributed by atoms with van der Waals surface area (Å²) in [7, 11) is 0. The normalized spacial score (nSPS) is 21.9. The number of aliphatic hydroxyl groups excluding tert-OH is 1. The second-order valence-corrected chi connectivity index (χ2v) is 10.5. The van der Waals surface area contributed by atoms with Gasteiger partial charge in [-0.2, -0.15) is 5.10 Å². The number of ether oxygens (including phenoxy) is 1. The van der Waals surface area contributed by atoms with E-state index < -0.39 is 5.60 Å². The van der Waals surface area contributed by atoms with Crippen molar-refractivity contribution in [3.63, 3.8) is 0 Å². The first-order valence-electron chi connectivity index (χ1n) is 12.2. The minimum Gasteiger partial charge on any atom is -0.444 e. The van der Waals surface area contributed by atoms with Crippen LogP contribution in [0.15, 0.2) is 24.3 Å². The second-order valence-electron chi connectivity index (χ2n) is 10.5. The number of hydrogen-bond acceptors (Lipinski definition) is 8. The van der Waals surface area contributed by atoms with Crippen LogP contribution in [0.5, 0.6) is 0 Å². The van der Waals surface area contributed by atoms with Crippen LogP contribution in [0, 0.1) is 6.92 Å². The lowest BCUT2D eigenvalue weighted by Gasteiger charge is -2.39. The van der Waals surface area contributed by atoms with Crippen LogP contribution in [-0.2, 0) is 11.3 Å². The fourth-order valence-corrected chi connectivity index (χ4v) is 5.15. The number of piperidine rings is 1. The number of aromatic amines is 1. The number of carbonyl (C=O) groups excluding carboxylic acids is 1. The number of anilines is 3. The van der Waals surface area contributed by atoms with Gasteiger partial charge >= 0.3 is 6.09 Å². The van der Waals surface area contributed by atoms with E-state index in [1.807, 2.05) is 56.9 Å². The lowest BCUT2D eigenvalue weighted by molar-refractivity contribution is 0.00683. The maximum Gasteiger partial charge on any atom is 0.410 e. The SMILES string of the molecule is Cc1cc(Nc2cc3nc(CO)ccc3c(NC3CC4CCC(C3)N4C(=O)OC(C)(C)C)n2)n[nH]1. The molecule has 5 heterocycles. The molecule has 0 radical (unpaired) electrons. The average Bonchev–Trinajstić information content (AvgIpc) is 3.31. The first-order chi connectivity index (χ1) is 16.7. The van der Waals surface area contributed by atoms with Gasteiger partial charge in [0.1, 0.15) is 17.2 Å². The number of rotatable bonds is 5. The molecule has 2 atom stereocenters. The summed E-state index contributed by atoms with van der Waals surface area (Å²) in [6.45, 7) is 7.51. The summed E-state index contributed by atoms with van der Waals surface area (Å²) < 4.78 is 5.67. The molecule has 2 fully saturated rings. The van der Waals surface area contributed by atoms with Crippen LogP contribution in [0.1, 0.15) is 57.8 Å². The maximum absolute atomic E-state index is 12.8. The standard InChI is InChI=1S/C25H33N7O3/c1-14-9-22(31-30-14)28-21-12-20-19(8-5-15(13-33)26-20)23(29-21)27-16-10-17-6-7-18(11-16)32(17)24(34)35-25(2,3)4/h5,8-9,12,16-18,33H,6-7,10-11,13H2,1-4H3,(H3,27,28,29,30,31). The predicted octanol–water partition coefficient (Wildman–Crippen LogP) is 4.24. The largest absolute Gasteiger partial charge is 0.444 e. The molecule has 186 valence electrons. The maximum atomic E-state index is 12.8. The number of carbonyl (C=O) groups is 1.